The fraction of sp³-hybridized carbons (Fsp3) is 0. The zero-order valence-electron chi connectivity index (χ0n) is 29.5. The molecule has 5 nitrogen and oxygen atoms in total. The van der Waals surface area contributed by atoms with Gasteiger partial charge in [0.2, 0.25) is 0 Å². The minimum absolute atomic E-state index is 0.596. The second-order valence-electron chi connectivity index (χ2n) is 14.0. The van der Waals surface area contributed by atoms with Crippen LogP contribution in [0.3, 0.4) is 0 Å². The van der Waals surface area contributed by atoms with Crippen LogP contribution in [0.4, 0.5) is 0 Å². The average Bonchev–Trinajstić information content (AvgIpc) is 3.88. The van der Waals surface area contributed by atoms with Gasteiger partial charge in [-0.05, 0) is 72.3 Å². The van der Waals surface area contributed by atoms with Gasteiger partial charge in [0.05, 0.1) is 56.0 Å². The van der Waals surface area contributed by atoms with Gasteiger partial charge < -0.3 is 13.7 Å². The quantitative estimate of drug-likeness (QED) is 0.184. The van der Waals surface area contributed by atoms with Gasteiger partial charge in [0.1, 0.15) is 6.07 Å². The monoisotopic (exact) mass is 699 g/mol. The van der Waals surface area contributed by atoms with E-state index in [1.807, 2.05) is 42.5 Å². The molecule has 3 aromatic heterocycles. The van der Waals surface area contributed by atoms with E-state index in [-0.39, 0.29) is 0 Å². The number of nitrogens with zero attached hydrogens (tertiary/aromatic N) is 5. The lowest BCUT2D eigenvalue weighted by Gasteiger charge is -2.15. The fourth-order valence-corrected chi connectivity index (χ4v) is 8.77. The molecule has 0 aliphatic rings. The third-order valence-electron chi connectivity index (χ3n) is 11.1. The predicted molar refractivity (Wildman–Crippen MR) is 224 cm³/mol. The van der Waals surface area contributed by atoms with Crippen LogP contribution in [-0.2, 0) is 0 Å². The van der Waals surface area contributed by atoms with Crippen molar-refractivity contribution in [1.29, 1.82) is 10.5 Å². The molecule has 0 bridgehead atoms. The molecule has 0 aliphatic heterocycles. The fourth-order valence-electron chi connectivity index (χ4n) is 8.77. The van der Waals surface area contributed by atoms with Gasteiger partial charge in [0.15, 0.2) is 0 Å². The standard InChI is InChI=1S/C50H29N5/c51-30-32-23-25-41-39-15-3-7-20-46(39)54(49(41)27-32)34-12-9-11-33(28-34)36-17-10-22-48(43(36)31-52)55-47-21-8-4-16-40(47)42-26-24-35(29-50(42)55)53-44-18-5-1-13-37(44)38-14-2-6-19-45(38)53/h1-29H. The molecule has 3 heterocycles. The van der Waals surface area contributed by atoms with Crippen molar-refractivity contribution in [2.45, 2.75) is 0 Å². The van der Waals surface area contributed by atoms with E-state index in [9.17, 15) is 10.5 Å². The molecule has 0 saturated heterocycles. The topological polar surface area (TPSA) is 62.4 Å². The molecule has 0 N–H and O–H groups in total. The summed E-state index contributed by atoms with van der Waals surface area (Å²) in [5.41, 5.74) is 12.2. The van der Waals surface area contributed by atoms with E-state index in [0.29, 0.717) is 11.1 Å². The van der Waals surface area contributed by atoms with E-state index in [2.05, 4.69) is 159 Å². The van der Waals surface area contributed by atoms with Gasteiger partial charge in [-0.15, -0.1) is 0 Å². The van der Waals surface area contributed by atoms with Crippen molar-refractivity contribution in [1.82, 2.24) is 13.7 Å². The van der Waals surface area contributed by atoms with Crippen LogP contribution in [0.2, 0.25) is 0 Å². The van der Waals surface area contributed by atoms with E-state index in [0.717, 1.165) is 82.8 Å². The van der Waals surface area contributed by atoms with Crippen LogP contribution >= 0.6 is 0 Å². The maximum absolute atomic E-state index is 11.0. The normalized spacial score (nSPS) is 11.6. The Hall–Kier alpha value is -7.86. The summed E-state index contributed by atoms with van der Waals surface area (Å²) < 4.78 is 6.81. The minimum Gasteiger partial charge on any atom is -0.309 e. The Balaban J connectivity index is 1.14. The number of benzene rings is 8. The van der Waals surface area contributed by atoms with E-state index >= 15 is 0 Å². The summed E-state index contributed by atoms with van der Waals surface area (Å²) in [5.74, 6) is 0. The predicted octanol–water partition coefficient (Wildman–Crippen LogP) is 12.4. The average molecular weight is 700 g/mol. The first kappa shape index (κ1) is 30.7. The molecule has 0 radical (unpaired) electrons. The Morgan fingerprint density at radius 2 is 0.836 bits per heavy atom. The van der Waals surface area contributed by atoms with E-state index in [4.69, 9.17) is 0 Å². The molecule has 0 aliphatic carbocycles. The smallest absolute Gasteiger partial charge is 0.102 e. The first-order valence-corrected chi connectivity index (χ1v) is 18.3. The van der Waals surface area contributed by atoms with Crippen LogP contribution in [0, 0.1) is 22.7 Å². The van der Waals surface area contributed by atoms with Gasteiger partial charge in [-0.2, -0.15) is 10.5 Å². The van der Waals surface area contributed by atoms with E-state index < -0.39 is 0 Å². The van der Waals surface area contributed by atoms with Crippen molar-refractivity contribution >= 4 is 65.4 Å². The summed E-state index contributed by atoms with van der Waals surface area (Å²) in [6.45, 7) is 0. The van der Waals surface area contributed by atoms with Crippen LogP contribution in [0.5, 0.6) is 0 Å². The summed E-state index contributed by atoms with van der Waals surface area (Å²) in [4.78, 5) is 0. The molecular weight excluding hydrogens is 671 g/mol. The highest BCUT2D eigenvalue weighted by molar-refractivity contribution is 6.12. The third-order valence-corrected chi connectivity index (χ3v) is 11.1. The third kappa shape index (κ3) is 4.45. The highest BCUT2D eigenvalue weighted by Crippen LogP contribution is 2.40. The molecular formula is C50H29N5. The van der Waals surface area contributed by atoms with Crippen LogP contribution < -0.4 is 0 Å². The zero-order valence-corrected chi connectivity index (χ0v) is 29.5. The number of rotatable bonds is 4. The molecule has 5 heteroatoms. The Kier molecular flexibility index (Phi) is 6.61. The van der Waals surface area contributed by atoms with Gasteiger partial charge in [-0.1, -0.05) is 109 Å². The van der Waals surface area contributed by atoms with Crippen molar-refractivity contribution in [2.24, 2.45) is 0 Å². The lowest BCUT2D eigenvalue weighted by atomic mass is 9.98. The number of para-hydroxylation sites is 4. The lowest BCUT2D eigenvalue weighted by molar-refractivity contribution is 1.15. The van der Waals surface area contributed by atoms with E-state index in [1.165, 1.54) is 10.8 Å². The SMILES string of the molecule is N#Cc1ccc2c3ccccc3n(-c3cccc(-c4cccc(-n5c6ccccc6c6ccc(-n7c8ccccc8c8ccccc87)cc65)c4C#N)c3)c2c1. The highest BCUT2D eigenvalue weighted by atomic mass is 15.0. The summed E-state index contributed by atoms with van der Waals surface area (Å²) in [7, 11) is 0. The molecule has 11 aromatic rings. The number of hydrogen-bond donors (Lipinski definition) is 0. The van der Waals surface area contributed by atoms with Crippen molar-refractivity contribution < 1.29 is 0 Å². The van der Waals surface area contributed by atoms with E-state index in [1.54, 1.807) is 0 Å². The maximum Gasteiger partial charge on any atom is 0.102 e. The molecule has 0 spiro atoms. The zero-order chi connectivity index (χ0) is 36.6. The highest BCUT2D eigenvalue weighted by Gasteiger charge is 2.20. The van der Waals surface area contributed by atoms with Crippen molar-refractivity contribution in [3.05, 3.63) is 187 Å². The number of aromatic nitrogens is 3. The molecule has 11 rings (SSSR count). The Morgan fingerprint density at radius 1 is 0.345 bits per heavy atom. The van der Waals surface area contributed by atoms with Crippen LogP contribution in [0.25, 0.3) is 93.6 Å². The second kappa shape index (κ2) is 11.8. The van der Waals surface area contributed by atoms with Crippen LogP contribution in [0.15, 0.2) is 176 Å². The lowest BCUT2D eigenvalue weighted by Crippen LogP contribution is -2.01. The molecule has 254 valence electrons. The Bertz CT molecular complexity index is 3420. The molecule has 8 aromatic carbocycles. The van der Waals surface area contributed by atoms with Gasteiger partial charge in [0.25, 0.3) is 0 Å². The summed E-state index contributed by atoms with van der Waals surface area (Å²) in [6.07, 6.45) is 0. The first-order chi connectivity index (χ1) is 27.2. The molecule has 0 fully saturated rings. The van der Waals surface area contributed by atoms with Crippen molar-refractivity contribution in [3.8, 4) is 40.3 Å². The van der Waals surface area contributed by atoms with Crippen molar-refractivity contribution in [2.75, 3.05) is 0 Å². The van der Waals surface area contributed by atoms with Crippen LogP contribution in [-0.4, -0.2) is 13.7 Å². The molecule has 0 amide bonds. The van der Waals surface area contributed by atoms with Gasteiger partial charge in [-0.25, -0.2) is 0 Å². The van der Waals surface area contributed by atoms with Gasteiger partial charge in [-0.3, -0.25) is 0 Å². The summed E-state index contributed by atoms with van der Waals surface area (Å²) in [6, 6.07) is 65.9. The minimum atomic E-state index is 0.596. The van der Waals surface area contributed by atoms with Crippen molar-refractivity contribution in [3.63, 3.8) is 0 Å². The number of nitriles is 2. The largest absolute Gasteiger partial charge is 0.309 e. The molecule has 0 unspecified atom stereocenters. The molecule has 0 saturated carbocycles. The summed E-state index contributed by atoms with van der Waals surface area (Å²) in [5, 5.41) is 27.7. The number of fused-ring (bicyclic) bond motifs is 9. The van der Waals surface area contributed by atoms with Gasteiger partial charge >= 0.3 is 0 Å². The van der Waals surface area contributed by atoms with Crippen LogP contribution in [0.1, 0.15) is 11.1 Å². The first-order valence-electron chi connectivity index (χ1n) is 18.3. The Morgan fingerprint density at radius 3 is 1.44 bits per heavy atom. The second-order valence-corrected chi connectivity index (χ2v) is 14.0. The maximum atomic E-state index is 11.0. The van der Waals surface area contributed by atoms with Gasteiger partial charge in [0, 0.05) is 49.3 Å². The Labute approximate surface area is 316 Å². The molecule has 55 heavy (non-hydrogen) atoms. The number of hydrogen-bond acceptors (Lipinski definition) is 2. The summed E-state index contributed by atoms with van der Waals surface area (Å²) >= 11 is 0. The molecule has 0 atom stereocenters.